The van der Waals surface area contributed by atoms with Crippen molar-refractivity contribution in [1.82, 2.24) is 0 Å². The second-order valence-corrected chi connectivity index (χ2v) is 5.21. The number of ether oxygens (including phenoxy) is 4. The van der Waals surface area contributed by atoms with Gasteiger partial charge in [-0.05, 0) is 24.3 Å². The fourth-order valence-electron chi connectivity index (χ4n) is 2.28. The molecule has 0 N–H and O–H groups in total. The van der Waals surface area contributed by atoms with E-state index < -0.39 is 29.0 Å². The van der Waals surface area contributed by atoms with Crippen molar-refractivity contribution in [2.45, 2.75) is 0 Å². The van der Waals surface area contributed by atoms with Crippen LogP contribution >= 0.6 is 0 Å². The number of nitro groups is 1. The molecule has 0 aliphatic rings. The summed E-state index contributed by atoms with van der Waals surface area (Å²) in [6, 6.07) is 8.22. The standard InChI is InChI=1S/C18H17NO8/c1-24-12-5-6-13(17(9-12)25-2)15(20)10-27-16-7-4-11(18(21)26-3)8-14(16)19(22)23/h4-9H,10H2,1-3H3. The quantitative estimate of drug-likeness (QED) is 0.299. The average Bonchev–Trinajstić information content (AvgIpc) is 2.70. The lowest BCUT2D eigenvalue weighted by molar-refractivity contribution is -0.385. The van der Waals surface area contributed by atoms with Gasteiger partial charge in [-0.2, -0.15) is 0 Å². The van der Waals surface area contributed by atoms with Gasteiger partial charge in [-0.1, -0.05) is 0 Å². The second kappa shape index (κ2) is 8.65. The van der Waals surface area contributed by atoms with Crippen molar-refractivity contribution in [2.75, 3.05) is 27.9 Å². The van der Waals surface area contributed by atoms with E-state index in [4.69, 9.17) is 14.2 Å². The maximum Gasteiger partial charge on any atom is 0.338 e. The van der Waals surface area contributed by atoms with Crippen LogP contribution in [-0.4, -0.2) is 44.6 Å². The third-order valence-corrected chi connectivity index (χ3v) is 3.64. The van der Waals surface area contributed by atoms with Gasteiger partial charge in [0.25, 0.3) is 0 Å². The highest BCUT2D eigenvalue weighted by Crippen LogP contribution is 2.29. The Morgan fingerprint density at radius 3 is 2.33 bits per heavy atom. The summed E-state index contributed by atoms with van der Waals surface area (Å²) in [5, 5.41) is 11.2. The Hall–Kier alpha value is -3.62. The molecule has 2 aromatic carbocycles. The maximum atomic E-state index is 12.4. The summed E-state index contributed by atoms with van der Waals surface area (Å²) in [6.45, 7) is -0.457. The van der Waals surface area contributed by atoms with E-state index in [9.17, 15) is 19.7 Å². The minimum Gasteiger partial charge on any atom is -0.497 e. The van der Waals surface area contributed by atoms with Crippen LogP contribution in [0.5, 0.6) is 17.2 Å². The van der Waals surface area contributed by atoms with Crippen LogP contribution in [0, 0.1) is 10.1 Å². The number of rotatable bonds is 8. The number of hydrogen-bond acceptors (Lipinski definition) is 8. The first-order chi connectivity index (χ1) is 12.9. The molecule has 0 atom stereocenters. The third kappa shape index (κ3) is 4.51. The number of Topliss-reactive ketones (excluding diaryl/α,β-unsaturated/α-hetero) is 1. The number of methoxy groups -OCH3 is 3. The molecule has 9 heteroatoms. The molecule has 0 aliphatic carbocycles. The number of carbonyl (C=O) groups excluding carboxylic acids is 2. The topological polar surface area (TPSA) is 114 Å². The van der Waals surface area contributed by atoms with Crippen molar-refractivity contribution in [2.24, 2.45) is 0 Å². The fourth-order valence-corrected chi connectivity index (χ4v) is 2.28. The van der Waals surface area contributed by atoms with Crippen LogP contribution in [0.1, 0.15) is 20.7 Å². The zero-order valence-corrected chi connectivity index (χ0v) is 14.9. The number of ketones is 1. The molecule has 0 spiro atoms. The van der Waals surface area contributed by atoms with Crippen LogP contribution in [0.15, 0.2) is 36.4 Å². The Morgan fingerprint density at radius 1 is 1.00 bits per heavy atom. The summed E-state index contributed by atoms with van der Waals surface area (Å²) in [7, 11) is 4.05. The number of carbonyl (C=O) groups is 2. The predicted octanol–water partition coefficient (Wildman–Crippen LogP) is 2.66. The summed E-state index contributed by atoms with van der Waals surface area (Å²) < 4.78 is 20.1. The molecule has 0 aliphatic heterocycles. The van der Waals surface area contributed by atoms with E-state index in [-0.39, 0.29) is 16.9 Å². The monoisotopic (exact) mass is 375 g/mol. The largest absolute Gasteiger partial charge is 0.497 e. The smallest absolute Gasteiger partial charge is 0.338 e. The molecule has 0 saturated heterocycles. The molecule has 0 saturated carbocycles. The van der Waals surface area contributed by atoms with E-state index in [2.05, 4.69) is 4.74 Å². The number of esters is 1. The summed E-state index contributed by atoms with van der Waals surface area (Å²) in [6.07, 6.45) is 0. The van der Waals surface area contributed by atoms with Crippen molar-refractivity contribution >= 4 is 17.4 Å². The third-order valence-electron chi connectivity index (χ3n) is 3.64. The average molecular weight is 375 g/mol. The van der Waals surface area contributed by atoms with E-state index in [0.29, 0.717) is 11.5 Å². The lowest BCUT2D eigenvalue weighted by Crippen LogP contribution is -2.14. The van der Waals surface area contributed by atoms with Gasteiger partial charge in [-0.25, -0.2) is 4.79 Å². The van der Waals surface area contributed by atoms with Crippen molar-refractivity contribution in [3.63, 3.8) is 0 Å². The predicted molar refractivity (Wildman–Crippen MR) is 93.8 cm³/mol. The highest BCUT2D eigenvalue weighted by molar-refractivity contribution is 6.00. The lowest BCUT2D eigenvalue weighted by atomic mass is 10.1. The molecule has 142 valence electrons. The van der Waals surface area contributed by atoms with Crippen molar-refractivity contribution < 1.29 is 33.5 Å². The minimum atomic E-state index is -0.719. The molecule has 0 fully saturated rings. The number of nitro benzene ring substituents is 1. The number of nitrogens with zero attached hydrogens (tertiary/aromatic N) is 1. The van der Waals surface area contributed by atoms with E-state index in [0.717, 1.165) is 6.07 Å². The molecular formula is C18H17NO8. The fraction of sp³-hybridized carbons (Fsp3) is 0.222. The summed E-state index contributed by atoms with van der Waals surface area (Å²) in [4.78, 5) is 34.4. The Labute approximate surface area is 154 Å². The van der Waals surface area contributed by atoms with Gasteiger partial charge in [0.2, 0.25) is 5.78 Å². The van der Waals surface area contributed by atoms with E-state index in [1.165, 1.54) is 39.5 Å². The van der Waals surface area contributed by atoms with Gasteiger partial charge in [0.15, 0.2) is 12.4 Å². The molecule has 0 radical (unpaired) electrons. The molecule has 2 rings (SSSR count). The summed E-state index contributed by atoms with van der Waals surface area (Å²) in [5.74, 6) is -0.505. The molecule has 0 heterocycles. The highest BCUT2D eigenvalue weighted by Gasteiger charge is 2.21. The van der Waals surface area contributed by atoms with Crippen molar-refractivity contribution in [3.8, 4) is 17.2 Å². The van der Waals surface area contributed by atoms with Crippen molar-refractivity contribution in [3.05, 3.63) is 57.6 Å². The van der Waals surface area contributed by atoms with Crippen LogP contribution in [0.4, 0.5) is 5.69 Å². The second-order valence-electron chi connectivity index (χ2n) is 5.21. The number of hydrogen-bond donors (Lipinski definition) is 0. The molecule has 0 aromatic heterocycles. The van der Waals surface area contributed by atoms with Crippen LogP contribution in [0.2, 0.25) is 0 Å². The molecule has 0 unspecified atom stereocenters. The normalized spacial score (nSPS) is 10.0. The van der Waals surface area contributed by atoms with Crippen molar-refractivity contribution in [1.29, 1.82) is 0 Å². The van der Waals surface area contributed by atoms with E-state index in [1.807, 2.05) is 0 Å². The molecular weight excluding hydrogens is 358 g/mol. The van der Waals surface area contributed by atoms with Gasteiger partial charge in [0, 0.05) is 12.1 Å². The minimum absolute atomic E-state index is 0.000278. The van der Waals surface area contributed by atoms with Gasteiger partial charge in [0.05, 0.1) is 37.4 Å². The van der Waals surface area contributed by atoms with Gasteiger partial charge in [-0.15, -0.1) is 0 Å². The van der Waals surface area contributed by atoms with Crippen LogP contribution in [0.25, 0.3) is 0 Å². The van der Waals surface area contributed by atoms with E-state index in [1.54, 1.807) is 12.1 Å². The lowest BCUT2D eigenvalue weighted by Gasteiger charge is -2.11. The Balaban J connectivity index is 2.22. The van der Waals surface area contributed by atoms with Gasteiger partial charge in [-0.3, -0.25) is 14.9 Å². The van der Waals surface area contributed by atoms with Gasteiger partial charge < -0.3 is 18.9 Å². The molecule has 0 amide bonds. The molecule has 9 nitrogen and oxygen atoms in total. The first-order valence-corrected chi connectivity index (χ1v) is 7.66. The summed E-state index contributed by atoms with van der Waals surface area (Å²) in [5.41, 5.74) is -0.209. The summed E-state index contributed by atoms with van der Waals surface area (Å²) >= 11 is 0. The van der Waals surface area contributed by atoms with Crippen LogP contribution in [0.3, 0.4) is 0 Å². The SMILES string of the molecule is COC(=O)c1ccc(OCC(=O)c2ccc(OC)cc2OC)c([N+](=O)[O-])c1. The zero-order chi connectivity index (χ0) is 20.0. The zero-order valence-electron chi connectivity index (χ0n) is 14.9. The first kappa shape index (κ1) is 19.7. The first-order valence-electron chi connectivity index (χ1n) is 7.66. The Kier molecular flexibility index (Phi) is 6.32. The molecule has 2 aromatic rings. The maximum absolute atomic E-state index is 12.4. The highest BCUT2D eigenvalue weighted by atomic mass is 16.6. The number of benzene rings is 2. The van der Waals surface area contributed by atoms with Crippen LogP contribution in [-0.2, 0) is 4.74 Å². The Bertz CT molecular complexity index is 878. The molecule has 0 bridgehead atoms. The van der Waals surface area contributed by atoms with E-state index >= 15 is 0 Å². The molecule has 27 heavy (non-hydrogen) atoms. The van der Waals surface area contributed by atoms with Crippen LogP contribution < -0.4 is 14.2 Å². The van der Waals surface area contributed by atoms with Gasteiger partial charge in [0.1, 0.15) is 11.5 Å². The Morgan fingerprint density at radius 2 is 1.74 bits per heavy atom. The van der Waals surface area contributed by atoms with Gasteiger partial charge >= 0.3 is 11.7 Å².